The molecule has 5 aromatic rings. The molecule has 1 aliphatic rings. The van der Waals surface area contributed by atoms with Gasteiger partial charge in [-0.3, -0.25) is 4.79 Å². The van der Waals surface area contributed by atoms with Crippen LogP contribution in [0.25, 0.3) is 16.8 Å². The number of ether oxygens (including phenoxy) is 2. The first-order valence-corrected chi connectivity index (χ1v) is 15.6. The van der Waals surface area contributed by atoms with Gasteiger partial charge >= 0.3 is 0 Å². The van der Waals surface area contributed by atoms with E-state index < -0.39 is 6.29 Å². The minimum atomic E-state index is -0.608. The highest BCUT2D eigenvalue weighted by Gasteiger charge is 2.32. The van der Waals surface area contributed by atoms with Crippen LogP contribution < -0.4 is 5.32 Å². The van der Waals surface area contributed by atoms with E-state index in [1.807, 2.05) is 72.8 Å². The summed E-state index contributed by atoms with van der Waals surface area (Å²) in [6, 6.07) is 30.6. The van der Waals surface area contributed by atoms with Gasteiger partial charge in [0.25, 0.3) is 0 Å². The second-order valence-electron chi connectivity index (χ2n) is 10.7. The summed E-state index contributed by atoms with van der Waals surface area (Å²) >= 11 is 1.49. The molecular weight excluding hydrogens is 590 g/mol. The molecule has 4 aromatic carbocycles. The molecule has 0 aliphatic carbocycles. The Morgan fingerprint density at radius 1 is 0.956 bits per heavy atom. The number of nitrogens with one attached hydrogen (secondary N) is 1. The summed E-state index contributed by atoms with van der Waals surface area (Å²) in [5, 5.41) is 34.9. The predicted molar refractivity (Wildman–Crippen MR) is 169 cm³/mol. The zero-order valence-corrected chi connectivity index (χ0v) is 25.4. The number of carbonyl (C=O) groups excluding carboxylic acids is 1. The lowest BCUT2D eigenvalue weighted by molar-refractivity contribution is -0.245. The van der Waals surface area contributed by atoms with Crippen LogP contribution in [0.1, 0.15) is 48.0 Å². The lowest BCUT2D eigenvalue weighted by Crippen LogP contribution is -2.31. The molecule has 230 valence electrons. The molecule has 3 unspecified atom stereocenters. The maximum Gasteiger partial charge on any atom is 0.217 e. The SMILES string of the molecule is CC(=O)NCc1ccccc1-c1ccc(C2OC(CSc3nnnn3-c3ccc(O)cc3)CC(c3ccc(CO)cc3)O2)cc1. The van der Waals surface area contributed by atoms with Gasteiger partial charge in [-0.05, 0) is 62.5 Å². The molecule has 1 amide bonds. The van der Waals surface area contributed by atoms with Crippen LogP contribution in [-0.2, 0) is 27.4 Å². The fourth-order valence-electron chi connectivity index (χ4n) is 5.21. The minimum Gasteiger partial charge on any atom is -0.508 e. The average molecular weight is 624 g/mol. The normalized spacial score (nSPS) is 18.0. The molecular formula is C34H33N5O5S. The number of carbonyl (C=O) groups is 1. The largest absolute Gasteiger partial charge is 0.508 e. The fourth-order valence-corrected chi connectivity index (χ4v) is 6.12. The van der Waals surface area contributed by atoms with Crippen LogP contribution >= 0.6 is 11.8 Å². The number of phenols is 1. The first-order valence-electron chi connectivity index (χ1n) is 14.6. The van der Waals surface area contributed by atoms with Crippen LogP contribution in [0.5, 0.6) is 5.75 Å². The molecule has 2 heterocycles. The monoisotopic (exact) mass is 623 g/mol. The Bertz CT molecular complexity index is 1730. The summed E-state index contributed by atoms with van der Waals surface area (Å²) in [5.74, 6) is 0.679. The van der Waals surface area contributed by atoms with Gasteiger partial charge in [-0.1, -0.05) is 84.6 Å². The molecule has 11 heteroatoms. The smallest absolute Gasteiger partial charge is 0.217 e. The molecule has 1 aromatic heterocycles. The Morgan fingerprint density at radius 3 is 2.42 bits per heavy atom. The molecule has 0 bridgehead atoms. The van der Waals surface area contributed by atoms with Crippen molar-refractivity contribution in [1.82, 2.24) is 25.5 Å². The topological polar surface area (TPSA) is 132 Å². The Hall–Kier alpha value is -4.55. The van der Waals surface area contributed by atoms with E-state index >= 15 is 0 Å². The third-order valence-corrected chi connectivity index (χ3v) is 8.64. The summed E-state index contributed by atoms with van der Waals surface area (Å²) in [4.78, 5) is 11.5. The maximum absolute atomic E-state index is 11.5. The lowest BCUT2D eigenvalue weighted by Gasteiger charge is -2.36. The number of phenolic OH excluding ortho intramolecular Hbond substituents is 1. The van der Waals surface area contributed by atoms with E-state index in [4.69, 9.17) is 9.47 Å². The van der Waals surface area contributed by atoms with Crippen LogP contribution in [0.4, 0.5) is 0 Å². The highest BCUT2D eigenvalue weighted by molar-refractivity contribution is 7.99. The molecule has 45 heavy (non-hydrogen) atoms. The zero-order valence-electron chi connectivity index (χ0n) is 24.6. The number of hydrogen-bond donors (Lipinski definition) is 3. The molecule has 1 aliphatic heterocycles. The summed E-state index contributed by atoms with van der Waals surface area (Å²) in [5.41, 5.74) is 6.58. The van der Waals surface area contributed by atoms with Crippen molar-refractivity contribution in [2.24, 2.45) is 0 Å². The van der Waals surface area contributed by atoms with Crippen molar-refractivity contribution in [3.63, 3.8) is 0 Å². The summed E-state index contributed by atoms with van der Waals surface area (Å²) in [7, 11) is 0. The van der Waals surface area contributed by atoms with Crippen molar-refractivity contribution in [3.8, 4) is 22.6 Å². The van der Waals surface area contributed by atoms with Crippen molar-refractivity contribution in [2.45, 2.75) is 50.2 Å². The van der Waals surface area contributed by atoms with E-state index in [2.05, 4.69) is 20.8 Å². The van der Waals surface area contributed by atoms with Crippen LogP contribution in [0.3, 0.4) is 0 Å². The first kappa shape index (κ1) is 30.5. The third kappa shape index (κ3) is 7.40. The van der Waals surface area contributed by atoms with Crippen LogP contribution in [0.2, 0.25) is 0 Å². The molecule has 10 nitrogen and oxygen atoms in total. The van der Waals surface area contributed by atoms with Gasteiger partial charge in [0.2, 0.25) is 11.1 Å². The van der Waals surface area contributed by atoms with Gasteiger partial charge in [0.1, 0.15) is 5.75 Å². The second-order valence-corrected chi connectivity index (χ2v) is 11.7. The molecule has 0 saturated carbocycles. The average Bonchev–Trinajstić information content (AvgIpc) is 3.55. The van der Waals surface area contributed by atoms with E-state index in [1.54, 1.807) is 28.9 Å². The predicted octanol–water partition coefficient (Wildman–Crippen LogP) is 5.50. The van der Waals surface area contributed by atoms with Gasteiger partial charge in [0.15, 0.2) is 6.29 Å². The molecule has 0 radical (unpaired) electrons. The van der Waals surface area contributed by atoms with Crippen LogP contribution in [0.15, 0.2) is 102 Å². The number of benzene rings is 4. The number of amides is 1. The van der Waals surface area contributed by atoms with Crippen LogP contribution in [0, 0.1) is 0 Å². The fraction of sp³-hybridized carbons (Fsp3) is 0.235. The van der Waals surface area contributed by atoms with Gasteiger partial charge in [-0.25, -0.2) is 0 Å². The van der Waals surface area contributed by atoms with E-state index in [0.717, 1.165) is 39.1 Å². The van der Waals surface area contributed by atoms with Crippen molar-refractivity contribution in [3.05, 3.63) is 119 Å². The number of thioether (sulfide) groups is 1. The molecule has 3 N–H and O–H groups in total. The quantitative estimate of drug-likeness (QED) is 0.173. The van der Waals surface area contributed by atoms with Crippen molar-refractivity contribution >= 4 is 17.7 Å². The van der Waals surface area contributed by atoms with Crippen molar-refractivity contribution < 1.29 is 24.5 Å². The number of aromatic hydroxyl groups is 1. The molecule has 3 atom stereocenters. The highest BCUT2D eigenvalue weighted by atomic mass is 32.2. The molecule has 1 saturated heterocycles. The van der Waals surface area contributed by atoms with E-state index in [-0.39, 0.29) is 30.5 Å². The van der Waals surface area contributed by atoms with Gasteiger partial charge in [0, 0.05) is 31.2 Å². The van der Waals surface area contributed by atoms with E-state index in [0.29, 0.717) is 23.9 Å². The summed E-state index contributed by atoms with van der Waals surface area (Å²) in [6.45, 7) is 1.94. The first-order chi connectivity index (χ1) is 22.0. The second kappa shape index (κ2) is 14.0. The number of nitrogens with zero attached hydrogens (tertiary/aromatic N) is 4. The van der Waals surface area contributed by atoms with Gasteiger partial charge < -0.3 is 25.0 Å². The Balaban J connectivity index is 1.22. The number of hydrogen-bond acceptors (Lipinski definition) is 9. The Morgan fingerprint density at radius 2 is 1.69 bits per heavy atom. The molecule has 1 fully saturated rings. The number of aromatic nitrogens is 4. The molecule has 0 spiro atoms. The summed E-state index contributed by atoms with van der Waals surface area (Å²) in [6.07, 6.45) is -0.395. The number of aliphatic hydroxyl groups is 1. The lowest BCUT2D eigenvalue weighted by atomic mass is 9.98. The van der Waals surface area contributed by atoms with Crippen molar-refractivity contribution in [2.75, 3.05) is 5.75 Å². The zero-order chi connectivity index (χ0) is 31.2. The Kier molecular flexibility index (Phi) is 9.51. The van der Waals surface area contributed by atoms with Crippen molar-refractivity contribution in [1.29, 1.82) is 0 Å². The van der Waals surface area contributed by atoms with Gasteiger partial charge in [-0.15, -0.1) is 5.10 Å². The van der Waals surface area contributed by atoms with E-state index in [1.165, 1.54) is 18.7 Å². The van der Waals surface area contributed by atoms with E-state index in [9.17, 15) is 15.0 Å². The standard InChI is InChI=1S/C34H33N5O5S/c1-22(41)35-19-27-4-2-3-5-31(27)24-10-12-26(13-11-24)33-43-30(18-32(44-33)25-8-6-23(20-40)7-9-25)21-45-34-36-37-38-39(34)28-14-16-29(42)17-15-28/h2-17,30,32-33,40,42H,18-21H2,1H3,(H,35,41). The van der Waals surface area contributed by atoms with Gasteiger partial charge in [-0.2, -0.15) is 4.68 Å². The number of aliphatic hydroxyl groups excluding tert-OH is 1. The minimum absolute atomic E-state index is 0.0210. The number of rotatable bonds is 10. The maximum atomic E-state index is 11.5. The Labute approximate surface area is 265 Å². The van der Waals surface area contributed by atoms with Crippen LogP contribution in [-0.4, -0.2) is 48.2 Å². The number of tetrazole rings is 1. The summed E-state index contributed by atoms with van der Waals surface area (Å²) < 4.78 is 14.7. The molecule has 6 rings (SSSR count). The highest BCUT2D eigenvalue weighted by Crippen LogP contribution is 2.40. The van der Waals surface area contributed by atoms with Gasteiger partial charge in [0.05, 0.1) is 24.5 Å². The third-order valence-electron chi connectivity index (χ3n) is 7.59.